The van der Waals surface area contributed by atoms with E-state index >= 15 is 0 Å². The van der Waals surface area contributed by atoms with Crippen molar-refractivity contribution in [3.63, 3.8) is 0 Å². The highest BCUT2D eigenvalue weighted by Gasteiger charge is 2.67. The van der Waals surface area contributed by atoms with E-state index in [1.165, 1.54) is 89.9 Å². The van der Waals surface area contributed by atoms with Gasteiger partial charge in [-0.2, -0.15) is 0 Å². The van der Waals surface area contributed by atoms with Crippen LogP contribution in [0.15, 0.2) is 0 Å². The second kappa shape index (κ2) is 4.98. The molecule has 0 radical (unpaired) electrons. The third-order valence-electron chi connectivity index (χ3n) is 9.43. The molecule has 0 aliphatic carbocycles. The SMILES string of the molecule is C1CC2CCC(C3CCC4CCC3(C35CCCC(CC3)N5)N4)(C1)N2. The molecule has 0 spiro atoms. The summed E-state index contributed by atoms with van der Waals surface area (Å²) >= 11 is 0. The summed E-state index contributed by atoms with van der Waals surface area (Å²) in [4.78, 5) is 0. The van der Waals surface area contributed by atoms with Gasteiger partial charge in [0, 0.05) is 34.7 Å². The molecule has 0 aromatic rings. The summed E-state index contributed by atoms with van der Waals surface area (Å²) in [6.07, 6.45) is 20.2. The van der Waals surface area contributed by atoms with Crippen molar-refractivity contribution in [3.8, 4) is 0 Å². The van der Waals surface area contributed by atoms with Crippen LogP contribution in [0.2, 0.25) is 0 Å². The van der Waals surface area contributed by atoms with Gasteiger partial charge in [-0.15, -0.1) is 0 Å². The monoisotopic (exact) mass is 329 g/mol. The number of rotatable bonds is 2. The standard InChI is InChI=1S/C21H35N3/c1-3-15-7-12-19(10-1,22-15)18-6-5-17-9-14-21(18,24-17)20-11-2-4-16(23-20)8-13-20/h15-18,22-24H,1-14H2. The minimum absolute atomic E-state index is 0.393. The van der Waals surface area contributed by atoms with Gasteiger partial charge in [-0.05, 0) is 89.4 Å². The Morgan fingerprint density at radius 1 is 0.542 bits per heavy atom. The summed E-state index contributed by atoms with van der Waals surface area (Å²) in [5.41, 5.74) is 1.28. The van der Waals surface area contributed by atoms with E-state index in [2.05, 4.69) is 16.0 Å². The van der Waals surface area contributed by atoms with Gasteiger partial charge in [0.15, 0.2) is 0 Å². The summed E-state index contributed by atoms with van der Waals surface area (Å²) in [7, 11) is 0. The van der Waals surface area contributed by atoms with E-state index in [4.69, 9.17) is 0 Å². The molecule has 6 saturated heterocycles. The van der Waals surface area contributed by atoms with E-state index < -0.39 is 0 Å². The van der Waals surface area contributed by atoms with Crippen LogP contribution in [0, 0.1) is 5.92 Å². The molecule has 3 nitrogen and oxygen atoms in total. The van der Waals surface area contributed by atoms with Crippen LogP contribution in [0.5, 0.6) is 0 Å². The first-order chi connectivity index (χ1) is 11.7. The Bertz CT molecular complexity index is 525. The topological polar surface area (TPSA) is 36.1 Å². The van der Waals surface area contributed by atoms with Crippen LogP contribution in [-0.2, 0) is 0 Å². The van der Waals surface area contributed by atoms with Crippen molar-refractivity contribution < 1.29 is 0 Å². The summed E-state index contributed by atoms with van der Waals surface area (Å²) in [6, 6.07) is 2.48. The van der Waals surface area contributed by atoms with Crippen LogP contribution < -0.4 is 16.0 Å². The largest absolute Gasteiger partial charge is 0.308 e. The molecule has 6 aliphatic heterocycles. The predicted octanol–water partition coefficient (Wildman–Crippen LogP) is 3.24. The van der Waals surface area contributed by atoms with Gasteiger partial charge < -0.3 is 16.0 Å². The summed E-state index contributed by atoms with van der Waals surface area (Å²) in [5, 5.41) is 12.7. The lowest BCUT2D eigenvalue weighted by molar-refractivity contribution is -0.0125. The maximum Gasteiger partial charge on any atom is 0.0413 e. The number of hydrogen-bond donors (Lipinski definition) is 3. The van der Waals surface area contributed by atoms with Crippen LogP contribution in [0.1, 0.15) is 89.9 Å². The smallest absolute Gasteiger partial charge is 0.0413 e. The molecular formula is C21H35N3. The Balaban J connectivity index is 1.43. The quantitative estimate of drug-likeness (QED) is 0.728. The highest BCUT2D eigenvalue weighted by atomic mass is 15.2. The molecule has 6 fully saturated rings. The molecule has 134 valence electrons. The number of piperidine rings is 3. The molecule has 6 bridgehead atoms. The van der Waals surface area contributed by atoms with Crippen molar-refractivity contribution >= 4 is 0 Å². The Morgan fingerprint density at radius 3 is 2.25 bits per heavy atom. The van der Waals surface area contributed by atoms with E-state index in [0.29, 0.717) is 16.6 Å². The zero-order valence-electron chi connectivity index (χ0n) is 15.2. The number of hydrogen-bond acceptors (Lipinski definition) is 3. The van der Waals surface area contributed by atoms with Crippen molar-refractivity contribution in [1.29, 1.82) is 0 Å². The molecule has 6 aliphatic rings. The van der Waals surface area contributed by atoms with Crippen molar-refractivity contribution in [1.82, 2.24) is 16.0 Å². The third-order valence-corrected chi connectivity index (χ3v) is 9.43. The molecule has 24 heavy (non-hydrogen) atoms. The first-order valence-corrected chi connectivity index (χ1v) is 11.1. The van der Waals surface area contributed by atoms with E-state index in [1.54, 1.807) is 0 Å². The highest BCUT2D eigenvalue weighted by Crippen LogP contribution is 2.58. The lowest BCUT2D eigenvalue weighted by Gasteiger charge is -2.60. The minimum atomic E-state index is 0.393. The predicted molar refractivity (Wildman–Crippen MR) is 97.1 cm³/mol. The molecular weight excluding hydrogens is 294 g/mol. The van der Waals surface area contributed by atoms with Crippen molar-refractivity contribution in [3.05, 3.63) is 0 Å². The van der Waals surface area contributed by atoms with E-state index in [9.17, 15) is 0 Å². The second-order valence-electron chi connectivity index (χ2n) is 10.3. The van der Waals surface area contributed by atoms with Crippen LogP contribution in [-0.4, -0.2) is 34.7 Å². The van der Waals surface area contributed by atoms with Gasteiger partial charge >= 0.3 is 0 Å². The van der Waals surface area contributed by atoms with Gasteiger partial charge in [0.05, 0.1) is 0 Å². The maximum atomic E-state index is 4.31. The van der Waals surface area contributed by atoms with Crippen molar-refractivity contribution in [2.45, 2.75) is 125 Å². The average Bonchev–Trinajstić information content (AvgIpc) is 3.22. The molecule has 7 unspecified atom stereocenters. The summed E-state index contributed by atoms with van der Waals surface area (Å²) in [6.45, 7) is 0. The van der Waals surface area contributed by atoms with Gasteiger partial charge in [-0.1, -0.05) is 6.42 Å². The number of fused-ring (bicyclic) bond motifs is 7. The molecule has 3 N–H and O–H groups in total. The molecule has 0 aromatic heterocycles. The zero-order valence-corrected chi connectivity index (χ0v) is 15.2. The Morgan fingerprint density at radius 2 is 1.29 bits per heavy atom. The molecule has 6 rings (SSSR count). The van der Waals surface area contributed by atoms with E-state index in [1.807, 2.05) is 0 Å². The van der Waals surface area contributed by atoms with Crippen LogP contribution in [0.3, 0.4) is 0 Å². The summed E-state index contributed by atoms with van der Waals surface area (Å²) < 4.78 is 0. The normalized spacial score (nSPS) is 59.0. The molecule has 7 atom stereocenters. The van der Waals surface area contributed by atoms with Crippen molar-refractivity contribution in [2.75, 3.05) is 0 Å². The van der Waals surface area contributed by atoms with Gasteiger partial charge in [-0.3, -0.25) is 0 Å². The Labute approximate surface area is 147 Å². The zero-order chi connectivity index (χ0) is 15.8. The van der Waals surface area contributed by atoms with Gasteiger partial charge in [-0.25, -0.2) is 0 Å². The molecule has 0 amide bonds. The highest BCUT2D eigenvalue weighted by molar-refractivity contribution is 5.27. The molecule has 3 heteroatoms. The lowest BCUT2D eigenvalue weighted by atomic mass is 9.56. The first kappa shape index (κ1) is 15.0. The van der Waals surface area contributed by atoms with Gasteiger partial charge in [0.25, 0.3) is 0 Å². The maximum absolute atomic E-state index is 4.31. The molecule has 0 saturated carbocycles. The Kier molecular flexibility index (Phi) is 3.11. The third kappa shape index (κ3) is 1.80. The lowest BCUT2D eigenvalue weighted by Crippen LogP contribution is -2.76. The van der Waals surface area contributed by atoms with E-state index in [-0.39, 0.29) is 0 Å². The average molecular weight is 330 g/mol. The van der Waals surface area contributed by atoms with Crippen molar-refractivity contribution in [2.24, 2.45) is 5.92 Å². The Hall–Kier alpha value is -0.120. The van der Waals surface area contributed by atoms with Crippen LogP contribution in [0.25, 0.3) is 0 Å². The van der Waals surface area contributed by atoms with E-state index in [0.717, 1.165) is 24.0 Å². The van der Waals surface area contributed by atoms with Gasteiger partial charge in [0.2, 0.25) is 0 Å². The summed E-state index contributed by atoms with van der Waals surface area (Å²) in [5.74, 6) is 0.860. The van der Waals surface area contributed by atoms with Crippen LogP contribution >= 0.6 is 0 Å². The fourth-order valence-corrected chi connectivity index (χ4v) is 8.58. The first-order valence-electron chi connectivity index (χ1n) is 11.1. The fourth-order valence-electron chi connectivity index (χ4n) is 8.58. The minimum Gasteiger partial charge on any atom is -0.308 e. The molecule has 0 aromatic carbocycles. The second-order valence-corrected chi connectivity index (χ2v) is 10.3. The molecule has 6 heterocycles. The van der Waals surface area contributed by atoms with Gasteiger partial charge in [0.1, 0.15) is 0 Å². The van der Waals surface area contributed by atoms with Crippen LogP contribution in [0.4, 0.5) is 0 Å². The fraction of sp³-hybridized carbons (Fsp3) is 1.00. The number of nitrogens with one attached hydrogen (secondary N) is 3.